The van der Waals surface area contributed by atoms with Crippen LogP contribution in [0.15, 0.2) is 36.7 Å². The van der Waals surface area contributed by atoms with Gasteiger partial charge in [-0.05, 0) is 0 Å². The first-order valence-electron chi connectivity index (χ1n) is 5.44. The number of Topliss-reactive ketones (excluding diaryl/α,β-unsaturated/α-hetero) is 2. The molecule has 0 fully saturated rings. The summed E-state index contributed by atoms with van der Waals surface area (Å²) in [7, 11) is 0. The third kappa shape index (κ3) is 3.32. The van der Waals surface area contributed by atoms with E-state index >= 15 is 0 Å². The Morgan fingerprint density at radius 3 is 2.53 bits per heavy atom. The number of carbonyl (C=O) groups excluding carboxylic acids is 3. The van der Waals surface area contributed by atoms with Gasteiger partial charge in [0.25, 0.3) is 5.91 Å². The van der Waals surface area contributed by atoms with Crippen molar-refractivity contribution in [1.82, 2.24) is 15.2 Å². The molecule has 0 spiro atoms. The molecular weight excluding hydrogens is 248 g/mol. The molecule has 0 aliphatic carbocycles. The van der Waals surface area contributed by atoms with E-state index in [0.29, 0.717) is 5.56 Å². The highest BCUT2D eigenvalue weighted by molar-refractivity contribution is 6.43. The summed E-state index contributed by atoms with van der Waals surface area (Å²) in [6.45, 7) is 0. The summed E-state index contributed by atoms with van der Waals surface area (Å²) in [5.41, 5.74) is 0.392. The molecule has 0 aliphatic rings. The van der Waals surface area contributed by atoms with Crippen LogP contribution in [-0.2, 0) is 9.59 Å². The van der Waals surface area contributed by atoms with Gasteiger partial charge in [0.2, 0.25) is 11.7 Å². The molecule has 19 heavy (non-hydrogen) atoms. The number of amides is 1. The minimum absolute atomic E-state index is 0.0607. The van der Waals surface area contributed by atoms with Gasteiger partial charge in [-0.15, -0.1) is 0 Å². The van der Waals surface area contributed by atoms with Gasteiger partial charge in [0.15, 0.2) is 5.78 Å². The maximum absolute atomic E-state index is 11.7. The zero-order chi connectivity index (χ0) is 13.7. The molecule has 7 heteroatoms. The van der Waals surface area contributed by atoms with Crippen LogP contribution in [0.1, 0.15) is 16.8 Å². The third-order valence-electron chi connectivity index (χ3n) is 2.32. The molecule has 1 aromatic carbocycles. The number of aromatic nitrogens is 3. The highest BCUT2D eigenvalue weighted by Crippen LogP contribution is 2.04. The van der Waals surface area contributed by atoms with Crippen LogP contribution in [0.2, 0.25) is 0 Å². The van der Waals surface area contributed by atoms with Crippen molar-refractivity contribution in [3.05, 3.63) is 42.2 Å². The Balaban J connectivity index is 1.94. The summed E-state index contributed by atoms with van der Waals surface area (Å²) in [6, 6.07) is 8.31. The molecule has 0 atom stereocenters. The largest absolute Gasteiger partial charge is 0.294 e. The van der Waals surface area contributed by atoms with Gasteiger partial charge >= 0.3 is 0 Å². The van der Waals surface area contributed by atoms with Gasteiger partial charge < -0.3 is 0 Å². The number of anilines is 1. The number of nitrogens with one attached hydrogen (secondary N) is 2. The van der Waals surface area contributed by atoms with Crippen molar-refractivity contribution in [2.75, 3.05) is 5.32 Å². The molecule has 0 bridgehead atoms. The van der Waals surface area contributed by atoms with E-state index in [1.54, 1.807) is 30.3 Å². The van der Waals surface area contributed by atoms with Crippen LogP contribution < -0.4 is 5.32 Å². The van der Waals surface area contributed by atoms with E-state index in [0.717, 1.165) is 0 Å². The van der Waals surface area contributed by atoms with E-state index in [1.807, 2.05) is 0 Å². The van der Waals surface area contributed by atoms with Crippen LogP contribution in [0.5, 0.6) is 0 Å². The van der Waals surface area contributed by atoms with Gasteiger partial charge in [-0.3, -0.25) is 19.7 Å². The summed E-state index contributed by atoms with van der Waals surface area (Å²) in [6.07, 6.45) is 0.708. The smallest absolute Gasteiger partial charge is 0.294 e. The van der Waals surface area contributed by atoms with E-state index < -0.39 is 23.9 Å². The molecule has 1 heterocycles. The van der Waals surface area contributed by atoms with Crippen LogP contribution in [0.4, 0.5) is 5.95 Å². The first kappa shape index (κ1) is 12.6. The number of ketones is 2. The van der Waals surface area contributed by atoms with Crippen molar-refractivity contribution in [2.24, 2.45) is 0 Å². The second-order valence-corrected chi connectivity index (χ2v) is 3.68. The lowest BCUT2D eigenvalue weighted by molar-refractivity contribution is -0.134. The fourth-order valence-corrected chi connectivity index (χ4v) is 1.40. The topological polar surface area (TPSA) is 105 Å². The zero-order valence-corrected chi connectivity index (χ0v) is 9.79. The average Bonchev–Trinajstić information content (AvgIpc) is 2.92. The first-order valence-corrected chi connectivity index (χ1v) is 5.44. The van der Waals surface area contributed by atoms with Gasteiger partial charge in [0.05, 0.1) is 6.42 Å². The standard InChI is InChI=1S/C12H10N4O3/c17-9(8-4-2-1-3-5-8)6-10(18)11(19)15-12-13-7-14-16-12/h1-5,7H,6H2,(H2,13,14,15,16,19). The van der Waals surface area contributed by atoms with Gasteiger partial charge in [-0.1, -0.05) is 30.3 Å². The van der Waals surface area contributed by atoms with Crippen LogP contribution in [0.25, 0.3) is 0 Å². The quantitative estimate of drug-likeness (QED) is 0.464. The predicted molar refractivity (Wildman–Crippen MR) is 65.4 cm³/mol. The van der Waals surface area contributed by atoms with Gasteiger partial charge in [-0.25, -0.2) is 5.10 Å². The van der Waals surface area contributed by atoms with Gasteiger partial charge in [0.1, 0.15) is 6.33 Å². The zero-order valence-electron chi connectivity index (χ0n) is 9.79. The van der Waals surface area contributed by atoms with Crippen molar-refractivity contribution in [1.29, 1.82) is 0 Å². The first-order chi connectivity index (χ1) is 9.16. The average molecular weight is 258 g/mol. The Kier molecular flexibility index (Phi) is 3.77. The monoisotopic (exact) mass is 258 g/mol. The molecule has 0 saturated heterocycles. The normalized spacial score (nSPS) is 9.89. The Morgan fingerprint density at radius 1 is 1.16 bits per heavy atom. The van der Waals surface area contributed by atoms with Crippen molar-refractivity contribution in [3.8, 4) is 0 Å². The highest BCUT2D eigenvalue weighted by atomic mass is 16.2. The minimum atomic E-state index is -0.902. The second-order valence-electron chi connectivity index (χ2n) is 3.68. The lowest BCUT2D eigenvalue weighted by Gasteiger charge is -2.01. The van der Waals surface area contributed by atoms with E-state index in [1.165, 1.54) is 6.33 Å². The van der Waals surface area contributed by atoms with E-state index in [4.69, 9.17) is 0 Å². The van der Waals surface area contributed by atoms with Gasteiger partial charge in [0, 0.05) is 5.56 Å². The number of hydrogen-bond acceptors (Lipinski definition) is 5. The molecule has 1 amide bonds. The Bertz CT molecular complexity index is 593. The maximum atomic E-state index is 11.7. The van der Waals surface area contributed by atoms with Gasteiger partial charge in [-0.2, -0.15) is 10.1 Å². The molecular formula is C12H10N4O3. The number of rotatable bonds is 5. The van der Waals surface area contributed by atoms with Crippen molar-refractivity contribution < 1.29 is 14.4 Å². The molecule has 2 rings (SSSR count). The predicted octanol–water partition coefficient (Wildman–Crippen LogP) is 0.585. The van der Waals surface area contributed by atoms with Crippen molar-refractivity contribution in [3.63, 3.8) is 0 Å². The molecule has 0 aliphatic heterocycles. The highest BCUT2D eigenvalue weighted by Gasteiger charge is 2.19. The summed E-state index contributed by atoms with van der Waals surface area (Å²) < 4.78 is 0. The summed E-state index contributed by atoms with van der Waals surface area (Å²) >= 11 is 0. The van der Waals surface area contributed by atoms with Crippen molar-refractivity contribution in [2.45, 2.75) is 6.42 Å². The van der Waals surface area contributed by atoms with Crippen LogP contribution in [-0.4, -0.2) is 32.7 Å². The third-order valence-corrected chi connectivity index (χ3v) is 2.32. The number of aromatic amines is 1. The molecule has 0 radical (unpaired) electrons. The van der Waals surface area contributed by atoms with E-state index in [-0.39, 0.29) is 5.95 Å². The SMILES string of the molecule is O=C(CC(=O)c1ccccc1)C(=O)Nc1ncn[nH]1. The number of carbonyl (C=O) groups is 3. The van der Waals surface area contributed by atoms with E-state index in [9.17, 15) is 14.4 Å². The van der Waals surface area contributed by atoms with Crippen LogP contribution >= 0.6 is 0 Å². The summed E-state index contributed by atoms with van der Waals surface area (Å²) in [5, 5.41) is 8.10. The summed E-state index contributed by atoms with van der Waals surface area (Å²) in [4.78, 5) is 38.4. The summed E-state index contributed by atoms with van der Waals surface area (Å²) in [5.74, 6) is -2.07. The molecule has 2 N–H and O–H groups in total. The number of H-pyrrole nitrogens is 1. The Hall–Kier alpha value is -2.83. The lowest BCUT2D eigenvalue weighted by Crippen LogP contribution is -2.25. The minimum Gasteiger partial charge on any atom is -0.294 e. The van der Waals surface area contributed by atoms with Crippen LogP contribution in [0.3, 0.4) is 0 Å². The van der Waals surface area contributed by atoms with Crippen LogP contribution in [0, 0.1) is 0 Å². The number of nitrogens with zero attached hydrogens (tertiary/aromatic N) is 2. The van der Waals surface area contributed by atoms with Crippen molar-refractivity contribution >= 4 is 23.4 Å². The molecule has 2 aromatic rings. The molecule has 0 unspecified atom stereocenters. The maximum Gasteiger partial charge on any atom is 0.294 e. The molecule has 7 nitrogen and oxygen atoms in total. The fourth-order valence-electron chi connectivity index (χ4n) is 1.40. The molecule has 0 saturated carbocycles. The Labute approximate surface area is 108 Å². The second kappa shape index (κ2) is 5.67. The Morgan fingerprint density at radius 2 is 1.89 bits per heavy atom. The molecule has 96 valence electrons. The van der Waals surface area contributed by atoms with E-state index in [2.05, 4.69) is 20.5 Å². The molecule has 1 aromatic heterocycles. The number of benzene rings is 1. The lowest BCUT2D eigenvalue weighted by atomic mass is 10.1. The fraction of sp³-hybridized carbons (Fsp3) is 0.0833. The number of hydrogen-bond donors (Lipinski definition) is 2.